The van der Waals surface area contributed by atoms with Crippen molar-refractivity contribution >= 4 is 0 Å². The predicted molar refractivity (Wildman–Crippen MR) is 108 cm³/mol. The minimum Gasteiger partial charge on any atom is -0.133 e. The maximum Gasteiger partial charge on any atom is -0.0275 e. The van der Waals surface area contributed by atoms with Crippen LogP contribution in [0.1, 0.15) is 112 Å². The average molecular weight is 283 g/mol. The molecule has 0 nitrogen and oxygen atoms in total. The van der Waals surface area contributed by atoms with Gasteiger partial charge in [-0.25, -0.2) is 0 Å². The maximum absolute atomic E-state index is 3.51. The van der Waals surface area contributed by atoms with Crippen molar-refractivity contribution in [2.24, 2.45) is 0 Å². The van der Waals surface area contributed by atoms with Gasteiger partial charge < -0.3 is 0 Å². The third-order valence-electron chi connectivity index (χ3n) is 1.60. The number of rotatable bonds is 6. The highest BCUT2D eigenvalue weighted by molar-refractivity contribution is 4.74. The van der Waals surface area contributed by atoms with Crippen LogP contribution in [0.3, 0.4) is 0 Å². The molecule has 0 spiro atoms. The van der Waals surface area contributed by atoms with Crippen LogP contribution in [-0.2, 0) is 0 Å². The van der Waals surface area contributed by atoms with Gasteiger partial charge in [0, 0.05) is 0 Å². The van der Waals surface area contributed by atoms with Crippen molar-refractivity contribution < 1.29 is 0 Å². The van der Waals surface area contributed by atoms with E-state index in [1.807, 2.05) is 6.08 Å². The van der Waals surface area contributed by atoms with Gasteiger partial charge in [0.15, 0.2) is 0 Å². The second kappa shape index (κ2) is 84.6. The van der Waals surface area contributed by atoms with Gasteiger partial charge >= 0.3 is 0 Å². The van der Waals surface area contributed by atoms with E-state index < -0.39 is 0 Å². The van der Waals surface area contributed by atoms with E-state index in [2.05, 4.69) is 19.2 Å². The summed E-state index contributed by atoms with van der Waals surface area (Å²) in [5.74, 6) is 0. The van der Waals surface area contributed by atoms with E-state index in [9.17, 15) is 0 Å². The molecule has 0 fully saturated rings. The van der Waals surface area contributed by atoms with Crippen LogP contribution in [-0.4, -0.2) is 0 Å². The normalized spacial score (nSPS) is 4.68. The second-order valence-corrected chi connectivity index (χ2v) is 2.61. The molecule has 0 heterocycles. The van der Waals surface area contributed by atoms with Crippen LogP contribution < -0.4 is 0 Å². The molecule has 0 amide bonds. The molecule has 0 aliphatic rings. The van der Waals surface area contributed by atoms with Crippen LogP contribution in [0.4, 0.5) is 0 Å². The van der Waals surface area contributed by atoms with Crippen molar-refractivity contribution in [3.8, 4) is 0 Å². The van der Waals surface area contributed by atoms with Crippen molar-refractivity contribution in [3.63, 3.8) is 0 Å². The first-order valence-corrected chi connectivity index (χ1v) is 4.26. The van der Waals surface area contributed by atoms with Gasteiger partial charge in [-0.2, -0.15) is 0 Å². The van der Waals surface area contributed by atoms with E-state index in [1.165, 1.54) is 32.1 Å². The number of hydrogen-bond donors (Lipinski definition) is 0. The zero-order chi connectivity index (χ0) is 7.66. The van der Waals surface area contributed by atoms with Gasteiger partial charge in [-0.15, -0.1) is 5.73 Å². The minimum atomic E-state index is 0. The van der Waals surface area contributed by atoms with Crippen LogP contribution in [0.2, 0.25) is 0 Å². The largest absolute Gasteiger partial charge is 0.133 e. The first-order valence-electron chi connectivity index (χ1n) is 4.26. The molecule has 0 rings (SSSR count). The second-order valence-electron chi connectivity index (χ2n) is 2.61. The van der Waals surface area contributed by atoms with Gasteiger partial charge in [0.2, 0.25) is 0 Å². The molecule has 0 aromatic rings. The van der Waals surface area contributed by atoms with E-state index in [4.69, 9.17) is 0 Å². The van der Waals surface area contributed by atoms with E-state index in [0.717, 1.165) is 6.42 Å². The summed E-state index contributed by atoms with van der Waals surface area (Å²) in [6.45, 7) is 5.75. The first kappa shape index (κ1) is 78.3. The molecule has 130 valence electrons. The van der Waals surface area contributed by atoms with Crippen molar-refractivity contribution in [1.82, 2.24) is 0 Å². The molecule has 0 unspecified atom stereocenters. The smallest absolute Gasteiger partial charge is 0.0275 e. The summed E-state index contributed by atoms with van der Waals surface area (Å²) < 4.78 is 0. The number of hydrogen-bond acceptors (Lipinski definition) is 0. The Morgan fingerprint density at radius 1 is 0.684 bits per heavy atom. The molecule has 0 bridgehead atoms. The molecule has 0 saturated carbocycles. The molecule has 0 N–H and O–H groups in total. The van der Waals surface area contributed by atoms with Gasteiger partial charge in [-0.3, -0.25) is 0 Å². The molecular weight excluding hydrogens is 228 g/mol. The predicted octanol–water partition coefficient (Wildman–Crippen LogP) is 9.41. The topological polar surface area (TPSA) is 0 Å². The molecule has 0 aromatic carbocycles. The van der Waals surface area contributed by atoms with E-state index in [1.54, 1.807) is 0 Å². The van der Waals surface area contributed by atoms with E-state index in [-0.39, 0.29) is 66.8 Å². The van der Waals surface area contributed by atoms with Crippen molar-refractivity contribution in [2.75, 3.05) is 0 Å². The fraction of sp³-hybridized carbons (Fsp3) is 0.842. The Morgan fingerprint density at radius 2 is 1.05 bits per heavy atom. The van der Waals surface area contributed by atoms with Crippen LogP contribution in [0.15, 0.2) is 18.4 Å². The summed E-state index contributed by atoms with van der Waals surface area (Å²) in [6.07, 6.45) is 9.96. The average Bonchev–Trinajstić information content (AvgIpc) is 1.97. The Hall–Kier alpha value is -0.480. The quantitative estimate of drug-likeness (QED) is 0.336. The minimum absolute atomic E-state index is 0. The lowest BCUT2D eigenvalue weighted by atomic mass is 10.1. The molecule has 19 heavy (non-hydrogen) atoms. The Kier molecular flexibility index (Phi) is 348. The lowest BCUT2D eigenvalue weighted by molar-refractivity contribution is 0.637. The van der Waals surface area contributed by atoms with Crippen LogP contribution >= 0.6 is 0 Å². The van der Waals surface area contributed by atoms with Crippen LogP contribution in [0, 0.1) is 0 Å². The monoisotopic (exact) mass is 282 g/mol. The molecule has 0 aliphatic heterocycles. The lowest BCUT2D eigenvalue weighted by Crippen LogP contribution is -1.74. The van der Waals surface area contributed by atoms with Crippen molar-refractivity contribution in [2.45, 2.75) is 112 Å². The van der Waals surface area contributed by atoms with Gasteiger partial charge in [-0.05, 0) is 18.9 Å². The Labute approximate surface area is 131 Å². The molecular formula is C19H54. The molecule has 0 heteroatoms. The third kappa shape index (κ3) is 99.3. The van der Waals surface area contributed by atoms with Crippen LogP contribution in [0.5, 0.6) is 0 Å². The molecule has 0 aliphatic carbocycles. The van der Waals surface area contributed by atoms with Gasteiger partial charge in [0.1, 0.15) is 0 Å². The number of unbranched alkanes of at least 4 members (excludes halogenated alkanes) is 5. The van der Waals surface area contributed by atoms with Gasteiger partial charge in [-0.1, -0.05) is 106 Å². The molecule has 0 atom stereocenters. The maximum atomic E-state index is 3.51. The highest BCUT2D eigenvalue weighted by Crippen LogP contribution is 2.04. The summed E-state index contributed by atoms with van der Waals surface area (Å²) in [5, 5.41) is 0. The third-order valence-corrected chi connectivity index (χ3v) is 1.60. The Morgan fingerprint density at radius 3 is 1.37 bits per heavy atom. The summed E-state index contributed by atoms with van der Waals surface area (Å²) in [6, 6.07) is 0. The molecule has 0 saturated heterocycles. The lowest BCUT2D eigenvalue weighted by Gasteiger charge is -1.94. The molecule has 0 radical (unpaired) electrons. The summed E-state index contributed by atoms with van der Waals surface area (Å²) in [7, 11) is 0. The highest BCUT2D eigenvalue weighted by atomic mass is 13.9. The van der Waals surface area contributed by atoms with Crippen molar-refractivity contribution in [3.05, 3.63) is 18.4 Å². The van der Waals surface area contributed by atoms with Crippen molar-refractivity contribution in [1.29, 1.82) is 0 Å². The number of allylic oxidation sites excluding steroid dienone is 1. The standard InChI is InChI=1S/C10H18.9CH4/c1-3-5-7-9-10-8-6-4-2;;;;;;;;;/h5H,1,4,6-10H2,2H3;9*1H4. The van der Waals surface area contributed by atoms with Crippen LogP contribution in [0.25, 0.3) is 0 Å². The summed E-state index contributed by atoms with van der Waals surface area (Å²) in [4.78, 5) is 0. The summed E-state index contributed by atoms with van der Waals surface area (Å²) in [5.41, 5.74) is 2.78. The highest BCUT2D eigenvalue weighted by Gasteiger charge is 1.84. The molecule has 0 aromatic heterocycles. The Balaban J connectivity index is -0.0000000112. The zero-order valence-electron chi connectivity index (χ0n) is 7.03. The fourth-order valence-corrected chi connectivity index (χ4v) is 0.952. The SMILES string of the molecule is C.C.C.C.C.C.C.C.C.C=C=CCCCCCCC. The Bertz CT molecular complexity index is 96.6. The first-order chi connectivity index (χ1) is 4.91. The fourth-order valence-electron chi connectivity index (χ4n) is 0.952. The summed E-state index contributed by atoms with van der Waals surface area (Å²) >= 11 is 0. The van der Waals surface area contributed by atoms with Gasteiger partial charge in [0.05, 0.1) is 0 Å². The van der Waals surface area contributed by atoms with Gasteiger partial charge in [0.25, 0.3) is 0 Å². The van der Waals surface area contributed by atoms with E-state index >= 15 is 0 Å². The zero-order valence-corrected chi connectivity index (χ0v) is 7.03. The van der Waals surface area contributed by atoms with E-state index in [0.29, 0.717) is 0 Å².